The van der Waals surface area contributed by atoms with Crippen LogP contribution in [-0.2, 0) is 0 Å². The van der Waals surface area contributed by atoms with Crippen molar-refractivity contribution >= 4 is 63.7 Å². The molecule has 0 atom stereocenters. The molecule has 1 aliphatic rings. The number of benzene rings is 2. The number of hydrogen-bond donors (Lipinski definition) is 0. The number of halogens is 4. The topological polar surface area (TPSA) is 0 Å². The average Bonchev–Trinajstić information content (AvgIpc) is 2.27. The smallest absolute Gasteiger partial charge is 0.0477 e. The van der Waals surface area contributed by atoms with Gasteiger partial charge in [0.25, 0.3) is 0 Å². The predicted octanol–water partition coefficient (Wildman–Crippen LogP) is 5.62. The molecule has 0 fully saturated rings. The van der Waals surface area contributed by atoms with Crippen LogP contribution in [-0.4, -0.2) is 0 Å². The standard InChI is InChI=1S/C12H4Br4/c13-9-7-5-3-1-2-4-6(5)8(7)10(14)12(16)11(9)15/h1-4H. The van der Waals surface area contributed by atoms with Gasteiger partial charge in [0.15, 0.2) is 0 Å². The lowest BCUT2D eigenvalue weighted by molar-refractivity contribution is 1.22. The Hall–Kier alpha value is 0.360. The van der Waals surface area contributed by atoms with Gasteiger partial charge >= 0.3 is 0 Å². The molecular weight excluding hydrogens is 464 g/mol. The molecular formula is C12H4Br4. The van der Waals surface area contributed by atoms with E-state index in [9.17, 15) is 0 Å². The molecule has 0 nitrogen and oxygen atoms in total. The van der Waals surface area contributed by atoms with E-state index >= 15 is 0 Å². The minimum Gasteiger partial charge on any atom is -0.0616 e. The van der Waals surface area contributed by atoms with E-state index in [0.717, 1.165) is 17.9 Å². The third-order valence-corrected chi connectivity index (χ3v) is 7.50. The minimum absolute atomic E-state index is 1.05. The van der Waals surface area contributed by atoms with Gasteiger partial charge in [-0.15, -0.1) is 0 Å². The minimum atomic E-state index is 1.05. The molecule has 2 aromatic carbocycles. The van der Waals surface area contributed by atoms with Crippen molar-refractivity contribution in [3.8, 4) is 0 Å². The van der Waals surface area contributed by atoms with E-state index < -0.39 is 0 Å². The van der Waals surface area contributed by atoms with Gasteiger partial charge in [0.2, 0.25) is 0 Å². The molecule has 16 heavy (non-hydrogen) atoms. The molecule has 0 spiro atoms. The summed E-state index contributed by atoms with van der Waals surface area (Å²) in [5.74, 6) is 0. The molecule has 0 amide bonds. The van der Waals surface area contributed by atoms with Crippen LogP contribution >= 0.6 is 63.7 Å². The van der Waals surface area contributed by atoms with Gasteiger partial charge in [0.05, 0.1) is 0 Å². The number of fused-ring (bicyclic) bond motifs is 2. The second kappa shape index (κ2) is 3.94. The van der Waals surface area contributed by atoms with Crippen molar-refractivity contribution in [2.75, 3.05) is 0 Å². The SMILES string of the molecule is Brc1c(Br)c(Br)c2c(c1Br)=c1ccccc1=2. The number of rotatable bonds is 0. The fourth-order valence-corrected chi connectivity index (χ4v) is 4.54. The summed E-state index contributed by atoms with van der Waals surface area (Å²) in [5.41, 5.74) is 0. The monoisotopic (exact) mass is 464 g/mol. The molecule has 2 aromatic rings. The van der Waals surface area contributed by atoms with Crippen LogP contribution in [0, 0.1) is 20.9 Å². The van der Waals surface area contributed by atoms with Gasteiger partial charge < -0.3 is 0 Å². The van der Waals surface area contributed by atoms with Crippen LogP contribution in [0.15, 0.2) is 42.2 Å². The molecule has 0 unspecified atom stereocenters. The van der Waals surface area contributed by atoms with Crippen molar-refractivity contribution in [1.82, 2.24) is 0 Å². The summed E-state index contributed by atoms with van der Waals surface area (Å²) in [4.78, 5) is 0. The highest BCUT2D eigenvalue weighted by atomic mass is 79.9. The van der Waals surface area contributed by atoms with Gasteiger partial charge in [-0.1, -0.05) is 24.3 Å². The van der Waals surface area contributed by atoms with Crippen LogP contribution < -0.4 is 0 Å². The predicted molar refractivity (Wildman–Crippen MR) is 79.0 cm³/mol. The third kappa shape index (κ3) is 1.36. The van der Waals surface area contributed by atoms with E-state index in [2.05, 4.69) is 88.0 Å². The van der Waals surface area contributed by atoms with Gasteiger partial charge in [0.1, 0.15) is 0 Å². The van der Waals surface area contributed by atoms with E-state index in [1.54, 1.807) is 0 Å². The maximum atomic E-state index is 3.64. The van der Waals surface area contributed by atoms with Crippen LogP contribution in [0.5, 0.6) is 0 Å². The van der Waals surface area contributed by atoms with Gasteiger partial charge in [-0.05, 0) is 74.2 Å². The molecule has 1 aliphatic carbocycles. The molecule has 0 saturated heterocycles. The zero-order chi connectivity index (χ0) is 11.4. The fraction of sp³-hybridized carbons (Fsp3) is 0. The van der Waals surface area contributed by atoms with E-state index in [-0.39, 0.29) is 0 Å². The van der Waals surface area contributed by atoms with Gasteiger partial charge in [-0.3, -0.25) is 0 Å². The molecule has 0 heterocycles. The fourth-order valence-electron chi connectivity index (χ4n) is 1.99. The lowest BCUT2D eigenvalue weighted by Gasteiger charge is -2.12. The first-order valence-electron chi connectivity index (χ1n) is 4.58. The van der Waals surface area contributed by atoms with Gasteiger partial charge in [-0.25, -0.2) is 0 Å². The van der Waals surface area contributed by atoms with Crippen LogP contribution in [0.1, 0.15) is 0 Å². The maximum Gasteiger partial charge on any atom is 0.0477 e. The molecule has 0 bridgehead atoms. The third-order valence-electron chi connectivity index (χ3n) is 2.73. The summed E-state index contributed by atoms with van der Waals surface area (Å²) in [6.07, 6.45) is 0. The summed E-state index contributed by atoms with van der Waals surface area (Å²) >= 11 is 14.4. The lowest BCUT2D eigenvalue weighted by Crippen LogP contribution is -1.95. The van der Waals surface area contributed by atoms with Crippen LogP contribution in [0.4, 0.5) is 0 Å². The summed E-state index contributed by atoms with van der Waals surface area (Å²) in [5, 5.41) is 5.16. The lowest BCUT2D eigenvalue weighted by atomic mass is 10.0. The quantitative estimate of drug-likeness (QED) is 0.297. The van der Waals surface area contributed by atoms with Crippen LogP contribution in [0.25, 0.3) is 0 Å². The first-order chi connectivity index (χ1) is 7.63. The molecule has 80 valence electrons. The van der Waals surface area contributed by atoms with E-state index in [4.69, 9.17) is 0 Å². The molecule has 0 radical (unpaired) electrons. The van der Waals surface area contributed by atoms with Crippen molar-refractivity contribution < 1.29 is 0 Å². The largest absolute Gasteiger partial charge is 0.0616 e. The van der Waals surface area contributed by atoms with Crippen molar-refractivity contribution in [2.24, 2.45) is 0 Å². The Bertz CT molecular complexity index is 725. The van der Waals surface area contributed by atoms with E-state index in [1.807, 2.05) is 0 Å². The number of hydrogen-bond acceptors (Lipinski definition) is 0. The molecule has 4 heteroatoms. The van der Waals surface area contributed by atoms with Crippen LogP contribution in [0.2, 0.25) is 0 Å². The average molecular weight is 468 g/mol. The Kier molecular flexibility index (Phi) is 2.82. The Morgan fingerprint density at radius 1 is 0.562 bits per heavy atom. The van der Waals surface area contributed by atoms with Crippen LogP contribution in [0.3, 0.4) is 0 Å². The second-order valence-corrected chi connectivity index (χ2v) is 6.72. The highest BCUT2D eigenvalue weighted by Crippen LogP contribution is 2.40. The highest BCUT2D eigenvalue weighted by Gasteiger charge is 2.15. The second-order valence-electron chi connectivity index (χ2n) is 3.55. The normalized spacial score (nSPS) is 11.8. The summed E-state index contributed by atoms with van der Waals surface area (Å²) in [6.45, 7) is 0. The Morgan fingerprint density at radius 2 is 0.938 bits per heavy atom. The summed E-state index contributed by atoms with van der Waals surface area (Å²) < 4.78 is 4.31. The van der Waals surface area contributed by atoms with E-state index in [0.29, 0.717) is 0 Å². The Balaban J connectivity index is 2.72. The molecule has 0 saturated carbocycles. The highest BCUT2D eigenvalue weighted by molar-refractivity contribution is 9.15. The molecule has 0 aromatic heterocycles. The zero-order valence-electron chi connectivity index (χ0n) is 7.82. The zero-order valence-corrected chi connectivity index (χ0v) is 14.2. The molecule has 3 rings (SSSR count). The molecule has 0 N–H and O–H groups in total. The first kappa shape index (κ1) is 11.5. The van der Waals surface area contributed by atoms with Crippen molar-refractivity contribution in [3.05, 3.63) is 63.0 Å². The van der Waals surface area contributed by atoms with Crippen molar-refractivity contribution in [3.63, 3.8) is 0 Å². The van der Waals surface area contributed by atoms with Gasteiger partial charge in [0, 0.05) is 28.3 Å². The van der Waals surface area contributed by atoms with Crippen molar-refractivity contribution in [2.45, 2.75) is 0 Å². The van der Waals surface area contributed by atoms with Gasteiger partial charge in [-0.2, -0.15) is 0 Å². The summed E-state index contributed by atoms with van der Waals surface area (Å²) in [6, 6.07) is 8.43. The van der Waals surface area contributed by atoms with Crippen molar-refractivity contribution in [1.29, 1.82) is 0 Å². The Labute approximate surface area is 126 Å². The molecule has 0 aliphatic heterocycles. The van der Waals surface area contributed by atoms with E-state index in [1.165, 1.54) is 20.9 Å². The summed E-state index contributed by atoms with van der Waals surface area (Å²) in [7, 11) is 0. The first-order valence-corrected chi connectivity index (χ1v) is 7.76. The Morgan fingerprint density at radius 3 is 1.31 bits per heavy atom. The maximum absolute atomic E-state index is 3.64.